The van der Waals surface area contributed by atoms with Crippen molar-refractivity contribution >= 4 is 5.78 Å². The fraction of sp³-hybridized carbons (Fsp3) is 0.941. The van der Waals surface area contributed by atoms with Crippen molar-refractivity contribution < 1.29 is 4.79 Å². The van der Waals surface area contributed by atoms with Crippen LogP contribution in [0.4, 0.5) is 0 Å². The van der Waals surface area contributed by atoms with E-state index < -0.39 is 0 Å². The lowest BCUT2D eigenvalue weighted by molar-refractivity contribution is -0.123. The molecule has 0 saturated heterocycles. The molecule has 0 N–H and O–H groups in total. The van der Waals surface area contributed by atoms with E-state index in [9.17, 15) is 4.79 Å². The summed E-state index contributed by atoms with van der Waals surface area (Å²) < 4.78 is 0. The van der Waals surface area contributed by atoms with Crippen molar-refractivity contribution in [2.45, 2.75) is 59.8 Å². The highest BCUT2D eigenvalue weighted by atomic mass is 16.1. The minimum atomic E-state index is 0.509. The standard InChI is InChI=1S/C17H28O/c1-10-7-13(18)5-6-14(10)15-8-12-9-16(15)17(3,4)11(12)2/h10-12,14-16H,5-9H2,1-4H3. The summed E-state index contributed by atoms with van der Waals surface area (Å²) in [4.78, 5) is 11.6. The van der Waals surface area contributed by atoms with Gasteiger partial charge in [0.15, 0.2) is 0 Å². The Morgan fingerprint density at radius 1 is 1.11 bits per heavy atom. The fourth-order valence-electron chi connectivity index (χ4n) is 5.65. The van der Waals surface area contributed by atoms with E-state index in [2.05, 4.69) is 27.7 Å². The molecule has 3 fully saturated rings. The molecule has 0 aromatic heterocycles. The van der Waals surface area contributed by atoms with Crippen LogP contribution >= 0.6 is 0 Å². The van der Waals surface area contributed by atoms with Crippen molar-refractivity contribution in [1.29, 1.82) is 0 Å². The Balaban J connectivity index is 1.77. The predicted molar refractivity (Wildman–Crippen MR) is 74.2 cm³/mol. The SMILES string of the molecule is CC1CC(=O)CCC1C1CC2CC1C(C)(C)C2C. The Hall–Kier alpha value is -0.330. The Labute approximate surface area is 112 Å². The molecule has 0 aromatic rings. The van der Waals surface area contributed by atoms with Gasteiger partial charge in [-0.25, -0.2) is 0 Å². The van der Waals surface area contributed by atoms with Gasteiger partial charge in [-0.3, -0.25) is 4.79 Å². The van der Waals surface area contributed by atoms with Crippen LogP contribution in [0.15, 0.2) is 0 Å². The maximum absolute atomic E-state index is 11.6. The number of fused-ring (bicyclic) bond motifs is 2. The molecule has 102 valence electrons. The first-order valence-corrected chi connectivity index (χ1v) is 7.93. The Bertz CT molecular complexity index is 357. The zero-order valence-electron chi connectivity index (χ0n) is 12.4. The molecule has 0 aromatic carbocycles. The summed E-state index contributed by atoms with van der Waals surface area (Å²) in [6.45, 7) is 9.78. The quantitative estimate of drug-likeness (QED) is 0.676. The Morgan fingerprint density at radius 3 is 2.39 bits per heavy atom. The molecule has 0 spiro atoms. The second-order valence-corrected chi connectivity index (χ2v) is 8.03. The van der Waals surface area contributed by atoms with Crippen LogP contribution in [0, 0.1) is 40.9 Å². The first kappa shape index (κ1) is 12.7. The van der Waals surface area contributed by atoms with Gasteiger partial charge in [-0.2, -0.15) is 0 Å². The number of Topliss-reactive ketones (excluding diaryl/α,β-unsaturated/α-hetero) is 1. The maximum atomic E-state index is 11.6. The van der Waals surface area contributed by atoms with Crippen molar-refractivity contribution in [1.82, 2.24) is 0 Å². The van der Waals surface area contributed by atoms with E-state index in [0.29, 0.717) is 17.1 Å². The molecular weight excluding hydrogens is 220 g/mol. The van der Waals surface area contributed by atoms with Crippen LogP contribution in [-0.4, -0.2) is 5.78 Å². The summed E-state index contributed by atoms with van der Waals surface area (Å²) in [6.07, 6.45) is 5.82. The third-order valence-electron chi connectivity index (χ3n) is 7.07. The van der Waals surface area contributed by atoms with E-state index >= 15 is 0 Å². The molecule has 3 aliphatic rings. The highest BCUT2D eigenvalue weighted by molar-refractivity contribution is 5.79. The lowest BCUT2D eigenvalue weighted by Gasteiger charge is -2.46. The van der Waals surface area contributed by atoms with Crippen LogP contribution in [0.25, 0.3) is 0 Å². The van der Waals surface area contributed by atoms with Gasteiger partial charge in [0.25, 0.3) is 0 Å². The minimum Gasteiger partial charge on any atom is -0.300 e. The minimum absolute atomic E-state index is 0.509. The molecule has 6 atom stereocenters. The van der Waals surface area contributed by atoms with Crippen LogP contribution in [0.2, 0.25) is 0 Å². The van der Waals surface area contributed by atoms with Crippen molar-refractivity contribution in [3.05, 3.63) is 0 Å². The molecular formula is C17H28O. The van der Waals surface area contributed by atoms with Gasteiger partial charge < -0.3 is 0 Å². The topological polar surface area (TPSA) is 17.1 Å². The van der Waals surface area contributed by atoms with Crippen molar-refractivity contribution in [2.75, 3.05) is 0 Å². The molecule has 0 heterocycles. The smallest absolute Gasteiger partial charge is 0.133 e. The molecule has 1 nitrogen and oxygen atoms in total. The zero-order chi connectivity index (χ0) is 13.1. The van der Waals surface area contributed by atoms with Crippen LogP contribution in [0.3, 0.4) is 0 Å². The second-order valence-electron chi connectivity index (χ2n) is 8.03. The van der Waals surface area contributed by atoms with E-state index in [1.54, 1.807) is 0 Å². The third kappa shape index (κ3) is 1.69. The number of hydrogen-bond donors (Lipinski definition) is 0. The zero-order valence-corrected chi connectivity index (χ0v) is 12.4. The second kappa shape index (κ2) is 4.08. The number of ketones is 1. The summed E-state index contributed by atoms with van der Waals surface area (Å²) in [7, 11) is 0. The highest BCUT2D eigenvalue weighted by Gasteiger charge is 2.57. The van der Waals surface area contributed by atoms with Crippen LogP contribution in [0.5, 0.6) is 0 Å². The summed E-state index contributed by atoms with van der Waals surface area (Å²) in [5.74, 6) is 5.71. The molecule has 0 aliphatic heterocycles. The number of rotatable bonds is 1. The predicted octanol–water partition coefficient (Wildman–Crippen LogP) is 4.31. The molecule has 3 aliphatic carbocycles. The van der Waals surface area contributed by atoms with Gasteiger partial charge in [0, 0.05) is 12.8 Å². The average molecular weight is 248 g/mol. The normalized spacial score (nSPS) is 50.8. The summed E-state index contributed by atoms with van der Waals surface area (Å²) in [5, 5.41) is 0. The lowest BCUT2D eigenvalue weighted by Crippen LogP contribution is -2.40. The summed E-state index contributed by atoms with van der Waals surface area (Å²) in [6, 6.07) is 0. The van der Waals surface area contributed by atoms with Crippen LogP contribution in [0.1, 0.15) is 59.8 Å². The third-order valence-corrected chi connectivity index (χ3v) is 7.07. The fourth-order valence-corrected chi connectivity index (χ4v) is 5.65. The number of carbonyl (C=O) groups excluding carboxylic acids is 1. The largest absolute Gasteiger partial charge is 0.300 e. The van der Waals surface area contributed by atoms with E-state index in [0.717, 1.165) is 42.4 Å². The molecule has 6 unspecified atom stereocenters. The van der Waals surface area contributed by atoms with E-state index in [1.165, 1.54) is 19.3 Å². The maximum Gasteiger partial charge on any atom is 0.133 e. The van der Waals surface area contributed by atoms with Gasteiger partial charge in [0.1, 0.15) is 5.78 Å². The molecule has 0 radical (unpaired) electrons. The van der Waals surface area contributed by atoms with Gasteiger partial charge in [-0.15, -0.1) is 0 Å². The average Bonchev–Trinajstić information content (AvgIpc) is 2.79. The molecule has 3 rings (SSSR count). The van der Waals surface area contributed by atoms with Crippen LogP contribution in [-0.2, 0) is 4.79 Å². The first-order valence-electron chi connectivity index (χ1n) is 7.93. The monoisotopic (exact) mass is 248 g/mol. The van der Waals surface area contributed by atoms with E-state index in [-0.39, 0.29) is 0 Å². The number of carbonyl (C=O) groups is 1. The Kier molecular flexibility index (Phi) is 2.88. The van der Waals surface area contributed by atoms with Gasteiger partial charge in [0.2, 0.25) is 0 Å². The van der Waals surface area contributed by atoms with E-state index in [1.807, 2.05) is 0 Å². The summed E-state index contributed by atoms with van der Waals surface area (Å²) in [5.41, 5.74) is 0.536. The molecule has 0 amide bonds. The molecule has 3 saturated carbocycles. The van der Waals surface area contributed by atoms with Gasteiger partial charge in [-0.1, -0.05) is 27.7 Å². The van der Waals surface area contributed by atoms with E-state index in [4.69, 9.17) is 0 Å². The molecule has 18 heavy (non-hydrogen) atoms. The van der Waals surface area contributed by atoms with Crippen molar-refractivity contribution in [2.24, 2.45) is 40.9 Å². The first-order chi connectivity index (χ1) is 8.41. The van der Waals surface area contributed by atoms with Gasteiger partial charge in [0.05, 0.1) is 0 Å². The van der Waals surface area contributed by atoms with Crippen molar-refractivity contribution in [3.8, 4) is 0 Å². The van der Waals surface area contributed by atoms with Crippen molar-refractivity contribution in [3.63, 3.8) is 0 Å². The highest BCUT2D eigenvalue weighted by Crippen LogP contribution is 2.64. The summed E-state index contributed by atoms with van der Waals surface area (Å²) >= 11 is 0. The van der Waals surface area contributed by atoms with Crippen LogP contribution < -0.4 is 0 Å². The van der Waals surface area contributed by atoms with Gasteiger partial charge in [-0.05, 0) is 60.2 Å². The molecule has 2 bridgehead atoms. The van der Waals surface area contributed by atoms with Gasteiger partial charge >= 0.3 is 0 Å². The molecule has 1 heteroatoms. The number of hydrogen-bond acceptors (Lipinski definition) is 1. The Morgan fingerprint density at radius 2 is 1.83 bits per heavy atom. The lowest BCUT2D eigenvalue weighted by atomic mass is 9.59.